The van der Waals surface area contributed by atoms with E-state index in [9.17, 15) is 0 Å². The van der Waals surface area contributed by atoms with Crippen LogP contribution in [0.15, 0.2) is 97.1 Å². The fourth-order valence-corrected chi connectivity index (χ4v) is 4.08. The van der Waals surface area contributed by atoms with Gasteiger partial charge in [0.15, 0.2) is 0 Å². The molecule has 2 aliphatic heterocycles. The number of aromatic amines is 2. The number of aromatic nitrogens is 4. The Kier molecular flexibility index (Phi) is 5.09. The van der Waals surface area contributed by atoms with Crippen LogP contribution in [0.4, 0.5) is 0 Å². The molecule has 4 aliphatic rings. The lowest BCUT2D eigenvalue weighted by Crippen LogP contribution is -1.75. The van der Waals surface area contributed by atoms with E-state index in [0.29, 0.717) is 0 Å². The molecule has 0 fully saturated rings. The Hall–Kier alpha value is -4.70. The lowest BCUT2D eigenvalue weighted by atomic mass is 10.2. The third-order valence-corrected chi connectivity index (χ3v) is 5.70. The topological polar surface area (TPSA) is 57.4 Å². The fourth-order valence-electron chi connectivity index (χ4n) is 4.08. The molecule has 4 heteroatoms. The summed E-state index contributed by atoms with van der Waals surface area (Å²) in [5.41, 5.74) is 10.5. The van der Waals surface area contributed by atoms with Crippen molar-refractivity contribution in [3.8, 4) is 11.1 Å². The van der Waals surface area contributed by atoms with Crippen LogP contribution >= 0.6 is 0 Å². The Morgan fingerprint density at radius 3 is 1.12 bits per heavy atom. The molecule has 162 valence electrons. The summed E-state index contributed by atoms with van der Waals surface area (Å²) in [5, 5.41) is 0. The van der Waals surface area contributed by atoms with Crippen molar-refractivity contribution in [2.45, 2.75) is 0 Å². The first-order valence-corrected chi connectivity index (χ1v) is 11.3. The molecule has 0 amide bonds. The summed E-state index contributed by atoms with van der Waals surface area (Å²) in [5.74, 6) is 0. The van der Waals surface area contributed by atoms with Crippen LogP contribution in [0.2, 0.25) is 0 Å². The first-order valence-electron chi connectivity index (χ1n) is 11.3. The van der Waals surface area contributed by atoms with Crippen LogP contribution in [0, 0.1) is 0 Å². The van der Waals surface area contributed by atoms with Gasteiger partial charge in [0.1, 0.15) is 0 Å². The number of nitrogens with one attached hydrogen (secondary N) is 2. The van der Waals surface area contributed by atoms with Gasteiger partial charge in [-0.2, -0.15) is 0 Å². The molecular formula is C30H22N4. The van der Waals surface area contributed by atoms with Crippen molar-refractivity contribution in [3.63, 3.8) is 0 Å². The van der Waals surface area contributed by atoms with Gasteiger partial charge in [-0.05, 0) is 84.0 Å². The second-order valence-corrected chi connectivity index (χ2v) is 8.25. The van der Waals surface area contributed by atoms with Crippen molar-refractivity contribution in [1.29, 1.82) is 0 Å². The number of nitrogens with zero attached hydrogens (tertiary/aromatic N) is 2. The number of hydrogen-bond donors (Lipinski definition) is 2. The van der Waals surface area contributed by atoms with Crippen molar-refractivity contribution in [1.82, 2.24) is 19.9 Å². The van der Waals surface area contributed by atoms with Crippen molar-refractivity contribution >= 4 is 46.4 Å². The van der Waals surface area contributed by atoms with E-state index >= 15 is 0 Å². The zero-order chi connectivity index (χ0) is 22.7. The van der Waals surface area contributed by atoms with E-state index in [1.165, 1.54) is 11.1 Å². The lowest BCUT2D eigenvalue weighted by molar-refractivity contribution is 1.31. The molecular weight excluding hydrogens is 416 g/mol. The quantitative estimate of drug-likeness (QED) is 0.258. The van der Waals surface area contributed by atoms with Crippen molar-refractivity contribution in [2.75, 3.05) is 0 Å². The van der Waals surface area contributed by atoms with Crippen molar-refractivity contribution in [3.05, 3.63) is 120 Å². The van der Waals surface area contributed by atoms with E-state index in [0.717, 1.165) is 44.8 Å². The van der Waals surface area contributed by atoms with E-state index < -0.39 is 0 Å². The Labute approximate surface area is 197 Å². The van der Waals surface area contributed by atoms with E-state index in [1.54, 1.807) is 0 Å². The SMILES string of the molecule is C1=Cc2cc3ccc(cc4nc(cc5ccc(cc1n2)[nH]5)C=C4)[nH]3.c1ccc2cccc-2cc1. The van der Waals surface area contributed by atoms with Gasteiger partial charge in [0.25, 0.3) is 0 Å². The average Bonchev–Trinajstić information content (AvgIpc) is 3.65. The Morgan fingerprint density at radius 2 is 0.735 bits per heavy atom. The minimum absolute atomic E-state index is 0.939. The van der Waals surface area contributed by atoms with Gasteiger partial charge >= 0.3 is 0 Å². The van der Waals surface area contributed by atoms with Crippen LogP contribution < -0.4 is 0 Å². The van der Waals surface area contributed by atoms with E-state index in [-0.39, 0.29) is 0 Å². The van der Waals surface area contributed by atoms with Crippen LogP contribution in [-0.2, 0) is 0 Å². The maximum Gasteiger partial charge on any atom is 0.0658 e. The number of rotatable bonds is 0. The minimum Gasteiger partial charge on any atom is -0.355 e. The van der Waals surface area contributed by atoms with Gasteiger partial charge in [-0.15, -0.1) is 0 Å². The number of fused-ring (bicyclic) bond motifs is 9. The molecule has 0 spiro atoms. The lowest BCUT2D eigenvalue weighted by Gasteiger charge is -1.85. The maximum absolute atomic E-state index is 4.63. The van der Waals surface area contributed by atoms with Gasteiger partial charge < -0.3 is 9.97 Å². The predicted octanol–water partition coefficient (Wildman–Crippen LogP) is 7.45. The number of H-pyrrole nitrogens is 2. The molecule has 3 aromatic heterocycles. The molecule has 3 aromatic rings. The zero-order valence-electron chi connectivity index (χ0n) is 18.4. The summed E-state index contributed by atoms with van der Waals surface area (Å²) in [7, 11) is 0. The third kappa shape index (κ3) is 4.43. The van der Waals surface area contributed by atoms with Gasteiger partial charge in [0.2, 0.25) is 0 Å². The molecule has 34 heavy (non-hydrogen) atoms. The Morgan fingerprint density at radius 1 is 0.382 bits per heavy atom. The monoisotopic (exact) mass is 438 g/mol. The normalized spacial score (nSPS) is 11.9. The molecule has 8 bridgehead atoms. The molecule has 4 nitrogen and oxygen atoms in total. The molecule has 7 rings (SSSR count). The molecule has 0 atom stereocenters. The Bertz CT molecular complexity index is 1460. The molecule has 0 saturated carbocycles. The summed E-state index contributed by atoms with van der Waals surface area (Å²) in [4.78, 5) is 16.0. The Balaban J connectivity index is 0.000000182. The zero-order valence-corrected chi connectivity index (χ0v) is 18.4. The van der Waals surface area contributed by atoms with E-state index in [4.69, 9.17) is 0 Å². The highest BCUT2D eigenvalue weighted by Gasteiger charge is 2.01. The molecule has 0 saturated heterocycles. The molecule has 0 unspecified atom stereocenters. The van der Waals surface area contributed by atoms with Crippen LogP contribution in [0.25, 0.3) is 57.5 Å². The molecule has 0 aromatic carbocycles. The second kappa shape index (κ2) is 8.68. The highest BCUT2D eigenvalue weighted by atomic mass is 14.8. The van der Waals surface area contributed by atoms with Gasteiger partial charge in [-0.1, -0.05) is 48.5 Å². The minimum atomic E-state index is 0.939. The predicted molar refractivity (Wildman–Crippen MR) is 142 cm³/mol. The van der Waals surface area contributed by atoms with Crippen molar-refractivity contribution < 1.29 is 0 Å². The summed E-state index contributed by atoms with van der Waals surface area (Å²) in [6, 6.07) is 33.1. The third-order valence-electron chi connectivity index (χ3n) is 5.70. The van der Waals surface area contributed by atoms with Crippen LogP contribution in [0.1, 0.15) is 22.8 Å². The van der Waals surface area contributed by atoms with Gasteiger partial charge in [0, 0.05) is 22.1 Å². The van der Waals surface area contributed by atoms with Crippen LogP contribution in [-0.4, -0.2) is 19.9 Å². The fraction of sp³-hybridized carbons (Fsp3) is 0. The van der Waals surface area contributed by atoms with Crippen LogP contribution in [0.3, 0.4) is 0 Å². The maximum atomic E-state index is 4.63. The second-order valence-electron chi connectivity index (χ2n) is 8.25. The standard InChI is InChI=1S/C20H14N4.C10H8/c1-2-14-10-16-5-6-18(23-16)12-20-8-7-19(24-20)11-17-4-3-15(22-17)9-13(1)21-14;1-2-5-9-7-4-8-10(9)6-3-1/h1-12,21,24H;1-8H. The highest BCUT2D eigenvalue weighted by molar-refractivity contribution is 5.77. The molecule has 0 radical (unpaired) electrons. The van der Waals surface area contributed by atoms with Crippen LogP contribution in [0.5, 0.6) is 0 Å². The summed E-state index contributed by atoms with van der Waals surface area (Å²) < 4.78 is 0. The first-order chi connectivity index (χ1) is 16.8. The average molecular weight is 439 g/mol. The molecule has 2 N–H and O–H groups in total. The van der Waals surface area contributed by atoms with E-state index in [2.05, 4.69) is 86.7 Å². The van der Waals surface area contributed by atoms with Gasteiger partial charge in [-0.3, -0.25) is 0 Å². The van der Waals surface area contributed by atoms with Gasteiger partial charge in [0.05, 0.1) is 22.8 Å². The smallest absolute Gasteiger partial charge is 0.0658 e. The summed E-state index contributed by atoms with van der Waals surface area (Å²) in [6.07, 6.45) is 8.09. The molecule has 5 heterocycles. The van der Waals surface area contributed by atoms with Gasteiger partial charge in [-0.25, -0.2) is 9.97 Å². The highest BCUT2D eigenvalue weighted by Crippen LogP contribution is 2.20. The first kappa shape index (κ1) is 19.9. The summed E-state index contributed by atoms with van der Waals surface area (Å²) in [6.45, 7) is 0. The number of hydrogen-bond acceptors (Lipinski definition) is 2. The summed E-state index contributed by atoms with van der Waals surface area (Å²) >= 11 is 0. The van der Waals surface area contributed by atoms with Crippen molar-refractivity contribution in [2.24, 2.45) is 0 Å². The molecule has 2 aliphatic carbocycles. The van der Waals surface area contributed by atoms with E-state index in [1.807, 2.05) is 54.6 Å². The largest absolute Gasteiger partial charge is 0.355 e.